The summed E-state index contributed by atoms with van der Waals surface area (Å²) < 4.78 is 51.3. The van der Waals surface area contributed by atoms with E-state index >= 15 is 0 Å². The highest BCUT2D eigenvalue weighted by Gasteiger charge is 2.47. The van der Waals surface area contributed by atoms with Crippen LogP contribution in [0.5, 0.6) is 0 Å². The smallest absolute Gasteiger partial charge is 0.309 e. The van der Waals surface area contributed by atoms with Crippen molar-refractivity contribution in [2.24, 2.45) is 17.3 Å². The molecule has 0 radical (unpaired) electrons. The Hall–Kier alpha value is -1.11. The number of hydrogen-bond donors (Lipinski definition) is 1. The Morgan fingerprint density at radius 2 is 1.57 bits per heavy atom. The van der Waals surface area contributed by atoms with E-state index in [2.05, 4.69) is 13.8 Å². The summed E-state index contributed by atoms with van der Waals surface area (Å²) in [5.41, 5.74) is -0.539. The van der Waals surface area contributed by atoms with Crippen LogP contribution in [0, 0.1) is 34.7 Å². The molecule has 3 nitrogen and oxygen atoms in total. The van der Waals surface area contributed by atoms with E-state index in [0.717, 1.165) is 18.8 Å². The Morgan fingerprint density at radius 1 is 1.00 bits per heavy atom. The summed E-state index contributed by atoms with van der Waals surface area (Å²) in [5, 5.41) is 10.6. The topological polar surface area (TPSA) is 38.7 Å². The first kappa shape index (κ1) is 21.6. The SMILES string of the molecule is CCCCCC1CCC(C2(C)COC(O)(c3cc(F)c(F)c(F)c3)OC2)CC1. The molecule has 0 bridgehead atoms. The van der Waals surface area contributed by atoms with Crippen LogP contribution in [-0.2, 0) is 15.4 Å². The van der Waals surface area contributed by atoms with Crippen molar-refractivity contribution in [3.8, 4) is 0 Å². The molecule has 1 aromatic carbocycles. The van der Waals surface area contributed by atoms with E-state index in [4.69, 9.17) is 9.47 Å². The van der Waals surface area contributed by atoms with E-state index in [9.17, 15) is 18.3 Å². The molecule has 1 heterocycles. The lowest BCUT2D eigenvalue weighted by atomic mass is 9.67. The second-order valence-corrected chi connectivity index (χ2v) is 8.78. The second-order valence-electron chi connectivity index (χ2n) is 8.78. The van der Waals surface area contributed by atoms with Crippen molar-refractivity contribution >= 4 is 0 Å². The average Bonchev–Trinajstić information content (AvgIpc) is 2.69. The van der Waals surface area contributed by atoms with Gasteiger partial charge in [-0.2, -0.15) is 0 Å². The molecule has 1 aliphatic heterocycles. The van der Waals surface area contributed by atoms with E-state index in [-0.39, 0.29) is 24.2 Å². The van der Waals surface area contributed by atoms with Gasteiger partial charge in [0, 0.05) is 11.0 Å². The fourth-order valence-electron chi connectivity index (χ4n) is 4.58. The van der Waals surface area contributed by atoms with Gasteiger partial charge >= 0.3 is 5.97 Å². The molecule has 3 rings (SSSR count). The number of benzene rings is 1. The van der Waals surface area contributed by atoms with Crippen LogP contribution in [0.3, 0.4) is 0 Å². The molecular formula is C22H31F3O3. The van der Waals surface area contributed by atoms with Crippen LogP contribution in [0.4, 0.5) is 13.2 Å². The summed E-state index contributed by atoms with van der Waals surface area (Å²) in [7, 11) is 0. The van der Waals surface area contributed by atoms with Gasteiger partial charge in [0.2, 0.25) is 0 Å². The van der Waals surface area contributed by atoms with Crippen LogP contribution >= 0.6 is 0 Å². The Kier molecular flexibility index (Phi) is 6.72. The number of halogens is 3. The quantitative estimate of drug-likeness (QED) is 0.496. The molecule has 1 saturated heterocycles. The van der Waals surface area contributed by atoms with Gasteiger partial charge < -0.3 is 14.6 Å². The van der Waals surface area contributed by atoms with Gasteiger partial charge in [0.15, 0.2) is 17.5 Å². The van der Waals surface area contributed by atoms with Gasteiger partial charge in [-0.25, -0.2) is 13.2 Å². The minimum Gasteiger partial charge on any atom is -0.339 e. The van der Waals surface area contributed by atoms with Gasteiger partial charge in [-0.1, -0.05) is 52.4 Å². The van der Waals surface area contributed by atoms with Gasteiger partial charge in [-0.3, -0.25) is 0 Å². The fraction of sp³-hybridized carbons (Fsp3) is 0.727. The predicted molar refractivity (Wildman–Crippen MR) is 99.8 cm³/mol. The summed E-state index contributed by atoms with van der Waals surface area (Å²) in [6.07, 6.45) is 9.72. The van der Waals surface area contributed by atoms with Gasteiger partial charge in [-0.05, 0) is 36.8 Å². The first-order valence-corrected chi connectivity index (χ1v) is 10.4. The molecule has 2 fully saturated rings. The average molecular weight is 400 g/mol. The molecule has 1 aliphatic carbocycles. The number of aliphatic hydroxyl groups is 1. The molecule has 0 atom stereocenters. The van der Waals surface area contributed by atoms with Crippen molar-refractivity contribution in [2.75, 3.05) is 13.2 Å². The van der Waals surface area contributed by atoms with Crippen molar-refractivity contribution < 1.29 is 27.8 Å². The first-order valence-electron chi connectivity index (χ1n) is 10.4. The van der Waals surface area contributed by atoms with E-state index < -0.39 is 23.4 Å². The Balaban J connectivity index is 1.58. The highest BCUT2D eigenvalue weighted by atomic mass is 19.2. The van der Waals surface area contributed by atoms with E-state index in [0.29, 0.717) is 18.1 Å². The maximum absolute atomic E-state index is 13.5. The lowest BCUT2D eigenvalue weighted by Gasteiger charge is -2.47. The van der Waals surface area contributed by atoms with Crippen LogP contribution in [-0.4, -0.2) is 18.3 Å². The fourth-order valence-corrected chi connectivity index (χ4v) is 4.58. The van der Waals surface area contributed by atoms with Crippen LogP contribution in [0.25, 0.3) is 0 Å². The second kappa shape index (κ2) is 8.72. The third-order valence-electron chi connectivity index (χ3n) is 6.59. The summed E-state index contributed by atoms with van der Waals surface area (Å²) in [6, 6.07) is 1.42. The molecule has 1 N–H and O–H groups in total. The van der Waals surface area contributed by atoms with Crippen LogP contribution in [0.2, 0.25) is 0 Å². The molecule has 0 aromatic heterocycles. The normalized spacial score (nSPS) is 33.8. The Morgan fingerprint density at radius 3 is 2.11 bits per heavy atom. The van der Waals surface area contributed by atoms with E-state index in [1.807, 2.05) is 0 Å². The van der Waals surface area contributed by atoms with Crippen molar-refractivity contribution in [2.45, 2.75) is 71.2 Å². The monoisotopic (exact) mass is 400 g/mol. The molecule has 0 amide bonds. The molecule has 0 spiro atoms. The number of hydrogen-bond acceptors (Lipinski definition) is 3. The highest BCUT2D eigenvalue weighted by molar-refractivity contribution is 5.22. The molecule has 28 heavy (non-hydrogen) atoms. The van der Waals surface area contributed by atoms with Crippen molar-refractivity contribution in [3.63, 3.8) is 0 Å². The molecule has 0 unspecified atom stereocenters. The van der Waals surface area contributed by atoms with Gasteiger partial charge in [0.1, 0.15) is 0 Å². The zero-order chi connectivity index (χ0) is 20.4. The highest BCUT2D eigenvalue weighted by Crippen LogP contribution is 2.46. The minimum atomic E-state index is -2.26. The number of ether oxygens (including phenoxy) is 2. The van der Waals surface area contributed by atoms with Crippen LogP contribution < -0.4 is 0 Å². The predicted octanol–water partition coefficient (Wildman–Crippen LogP) is 5.65. The zero-order valence-electron chi connectivity index (χ0n) is 16.8. The molecular weight excluding hydrogens is 369 g/mol. The number of rotatable bonds is 6. The van der Waals surface area contributed by atoms with Gasteiger partial charge in [-0.15, -0.1) is 0 Å². The molecule has 158 valence electrons. The van der Waals surface area contributed by atoms with Crippen LogP contribution in [0.1, 0.15) is 70.8 Å². The molecule has 2 aliphatic rings. The van der Waals surface area contributed by atoms with Gasteiger partial charge in [0.05, 0.1) is 13.2 Å². The first-order chi connectivity index (χ1) is 13.3. The Bertz CT molecular complexity index is 640. The third-order valence-corrected chi connectivity index (χ3v) is 6.59. The lowest BCUT2D eigenvalue weighted by molar-refractivity contribution is -0.419. The van der Waals surface area contributed by atoms with Crippen molar-refractivity contribution in [1.82, 2.24) is 0 Å². The molecule has 1 saturated carbocycles. The molecule has 1 aromatic rings. The van der Waals surface area contributed by atoms with Crippen LogP contribution in [0.15, 0.2) is 12.1 Å². The zero-order valence-corrected chi connectivity index (χ0v) is 16.8. The summed E-state index contributed by atoms with van der Waals surface area (Å²) >= 11 is 0. The Labute approximate surface area is 165 Å². The summed E-state index contributed by atoms with van der Waals surface area (Å²) in [5.74, 6) is -5.40. The summed E-state index contributed by atoms with van der Waals surface area (Å²) in [4.78, 5) is 0. The largest absolute Gasteiger partial charge is 0.339 e. The van der Waals surface area contributed by atoms with Gasteiger partial charge in [0.25, 0.3) is 0 Å². The van der Waals surface area contributed by atoms with Crippen molar-refractivity contribution in [1.29, 1.82) is 0 Å². The maximum Gasteiger partial charge on any atom is 0.309 e. The standard InChI is InChI=1S/C22H31F3O3/c1-3-4-5-6-15-7-9-16(10-8-15)21(2)13-27-22(26,28-14-21)17-11-18(23)20(25)19(24)12-17/h11-12,15-16,26H,3-10,13-14H2,1-2H3. The summed E-state index contributed by atoms with van der Waals surface area (Å²) in [6.45, 7) is 4.72. The minimum absolute atomic E-state index is 0.218. The molecule has 6 heteroatoms. The number of unbranched alkanes of at least 4 members (excludes halogenated alkanes) is 2. The third kappa shape index (κ3) is 4.55. The van der Waals surface area contributed by atoms with E-state index in [1.54, 1.807) is 0 Å². The lowest BCUT2D eigenvalue weighted by Crippen LogP contribution is -2.50. The van der Waals surface area contributed by atoms with E-state index in [1.165, 1.54) is 38.5 Å². The maximum atomic E-state index is 13.5. The van der Waals surface area contributed by atoms with Crippen molar-refractivity contribution in [3.05, 3.63) is 35.1 Å².